The van der Waals surface area contributed by atoms with E-state index in [1.54, 1.807) is 0 Å². The van der Waals surface area contributed by atoms with Gasteiger partial charge >= 0.3 is 6.68 Å². The highest BCUT2D eigenvalue weighted by molar-refractivity contribution is 4.88. The zero-order valence-corrected chi connectivity index (χ0v) is 14.2. The van der Waals surface area contributed by atoms with Gasteiger partial charge < -0.3 is 9.80 Å². The van der Waals surface area contributed by atoms with Gasteiger partial charge in [-0.05, 0) is 6.42 Å². The predicted octanol–water partition coefficient (Wildman–Crippen LogP) is 5.76. The van der Waals surface area contributed by atoms with Gasteiger partial charge in [-0.15, -0.1) is 0 Å². The van der Waals surface area contributed by atoms with Gasteiger partial charge in [-0.2, -0.15) is 13.2 Å². The average molecular weight is 322 g/mol. The molecule has 0 N–H and O–H groups in total. The molecule has 0 saturated heterocycles. The molecule has 1 rings (SSSR count). The Kier molecular flexibility index (Phi) is 14.4. The van der Waals surface area contributed by atoms with Crippen molar-refractivity contribution in [2.45, 2.75) is 77.8 Å². The summed E-state index contributed by atoms with van der Waals surface area (Å²) in [7, 11) is 2.13. The quantitative estimate of drug-likeness (QED) is 0.446. The smallest absolute Gasteiger partial charge is 0.362 e. The Balaban J connectivity index is 0.000000980. The van der Waals surface area contributed by atoms with Crippen molar-refractivity contribution in [1.82, 2.24) is 9.80 Å². The van der Waals surface area contributed by atoms with E-state index >= 15 is 0 Å². The number of nitrogens with zero attached hydrogens (tertiary/aromatic N) is 2. The van der Waals surface area contributed by atoms with Gasteiger partial charge in [0.05, 0.1) is 6.67 Å². The van der Waals surface area contributed by atoms with Crippen LogP contribution >= 0.6 is 0 Å². The van der Waals surface area contributed by atoms with E-state index in [-0.39, 0.29) is 0 Å². The van der Waals surface area contributed by atoms with E-state index in [1.807, 2.05) is 0 Å². The van der Waals surface area contributed by atoms with Gasteiger partial charge in [0, 0.05) is 26.0 Å². The van der Waals surface area contributed by atoms with Crippen LogP contribution in [0, 0.1) is 0 Å². The molecular weight excluding hydrogens is 289 g/mol. The molecule has 1 aliphatic heterocycles. The molecule has 0 unspecified atom stereocenters. The van der Waals surface area contributed by atoms with Crippen molar-refractivity contribution in [3.8, 4) is 0 Å². The van der Waals surface area contributed by atoms with E-state index in [0.717, 1.165) is 6.67 Å². The lowest BCUT2D eigenvalue weighted by atomic mass is 10.1. The topological polar surface area (TPSA) is 6.48 Å². The monoisotopic (exact) mass is 322 g/mol. The summed E-state index contributed by atoms with van der Waals surface area (Å²) in [5, 5.41) is 0. The summed E-state index contributed by atoms with van der Waals surface area (Å²) in [6.45, 7) is 0.933. The molecule has 0 aromatic carbocycles. The third-order valence-electron chi connectivity index (χ3n) is 3.74. The van der Waals surface area contributed by atoms with Gasteiger partial charge in [0.25, 0.3) is 0 Å². The van der Waals surface area contributed by atoms with Gasteiger partial charge in [-0.1, -0.05) is 64.7 Å². The van der Waals surface area contributed by atoms with Crippen LogP contribution in [0.4, 0.5) is 13.2 Å². The minimum absolute atomic E-state index is 1.08. The first-order chi connectivity index (χ1) is 10.6. The minimum Gasteiger partial charge on any atom is -0.362 e. The summed E-state index contributed by atoms with van der Waals surface area (Å²) >= 11 is 0. The first-order valence-electron chi connectivity index (χ1n) is 8.61. The Hall–Kier alpha value is -0.870. The minimum atomic E-state index is -3.67. The SMILES string of the molecule is CCCCCCCCCCCCN1C=CN(C)C1.FC(F)F. The summed E-state index contributed by atoms with van der Waals surface area (Å²) in [6.07, 6.45) is 18.6. The maximum absolute atomic E-state index is 9.67. The molecule has 0 atom stereocenters. The third kappa shape index (κ3) is 15.5. The van der Waals surface area contributed by atoms with Crippen molar-refractivity contribution < 1.29 is 13.2 Å². The highest BCUT2D eigenvalue weighted by Gasteiger charge is 2.06. The van der Waals surface area contributed by atoms with Gasteiger partial charge in [0.15, 0.2) is 0 Å². The summed E-state index contributed by atoms with van der Waals surface area (Å²) in [5.41, 5.74) is 0. The van der Waals surface area contributed by atoms with Gasteiger partial charge in [0.1, 0.15) is 0 Å². The average Bonchev–Trinajstić information content (AvgIpc) is 2.86. The summed E-state index contributed by atoms with van der Waals surface area (Å²) < 4.78 is 29.0. The van der Waals surface area contributed by atoms with Crippen LogP contribution < -0.4 is 0 Å². The van der Waals surface area contributed by atoms with Gasteiger partial charge in [-0.3, -0.25) is 0 Å². The predicted molar refractivity (Wildman–Crippen MR) is 87.4 cm³/mol. The molecule has 22 heavy (non-hydrogen) atoms. The zero-order chi connectivity index (χ0) is 16.6. The molecule has 0 spiro atoms. The maximum Gasteiger partial charge on any atom is 0.379 e. The molecule has 0 saturated carbocycles. The highest BCUT2D eigenvalue weighted by Crippen LogP contribution is 2.11. The Morgan fingerprint density at radius 2 is 1.27 bits per heavy atom. The number of unbranched alkanes of at least 4 members (excludes halogenated alkanes) is 9. The fourth-order valence-electron chi connectivity index (χ4n) is 2.54. The first kappa shape index (κ1) is 21.1. The summed E-state index contributed by atoms with van der Waals surface area (Å²) in [6, 6.07) is 0. The van der Waals surface area contributed by atoms with Crippen LogP contribution in [0.1, 0.15) is 71.1 Å². The Morgan fingerprint density at radius 3 is 1.68 bits per heavy atom. The molecule has 0 radical (unpaired) electrons. The Bertz CT molecular complexity index is 258. The fourth-order valence-corrected chi connectivity index (χ4v) is 2.54. The van der Waals surface area contributed by atoms with Crippen LogP contribution in [-0.2, 0) is 0 Å². The lowest BCUT2D eigenvalue weighted by Crippen LogP contribution is -2.23. The highest BCUT2D eigenvalue weighted by atomic mass is 19.4. The molecule has 0 fully saturated rings. The van der Waals surface area contributed by atoms with Crippen LogP contribution in [0.3, 0.4) is 0 Å². The van der Waals surface area contributed by atoms with Crippen LogP contribution in [-0.4, -0.2) is 36.7 Å². The standard InChI is InChI=1S/C16H32N2.CHF3/c1-3-4-5-6-7-8-9-10-11-12-13-18-15-14-17(2)16-18;2-1(3)4/h14-15H,3-13,16H2,1-2H3;1H. The van der Waals surface area contributed by atoms with Crippen molar-refractivity contribution in [3.63, 3.8) is 0 Å². The normalized spacial score (nSPS) is 13.7. The van der Waals surface area contributed by atoms with Crippen molar-refractivity contribution in [3.05, 3.63) is 12.4 Å². The van der Waals surface area contributed by atoms with Crippen LogP contribution in [0.5, 0.6) is 0 Å². The lowest BCUT2D eigenvalue weighted by Gasteiger charge is -2.17. The van der Waals surface area contributed by atoms with Crippen molar-refractivity contribution in [2.24, 2.45) is 0 Å². The first-order valence-corrected chi connectivity index (χ1v) is 8.61. The van der Waals surface area contributed by atoms with Crippen LogP contribution in [0.2, 0.25) is 0 Å². The summed E-state index contributed by atoms with van der Waals surface area (Å²) in [5.74, 6) is 0. The number of halogens is 3. The lowest BCUT2D eigenvalue weighted by molar-refractivity contribution is 0.00819. The molecule has 132 valence electrons. The summed E-state index contributed by atoms with van der Waals surface area (Å²) in [4.78, 5) is 4.64. The van der Waals surface area contributed by atoms with E-state index < -0.39 is 6.68 Å². The second-order valence-electron chi connectivity index (χ2n) is 5.94. The van der Waals surface area contributed by atoms with E-state index in [4.69, 9.17) is 0 Å². The van der Waals surface area contributed by atoms with E-state index in [0.29, 0.717) is 0 Å². The fraction of sp³-hybridized carbons (Fsp3) is 0.882. The Labute approximate surface area is 134 Å². The van der Waals surface area contributed by atoms with Crippen molar-refractivity contribution in [2.75, 3.05) is 20.3 Å². The third-order valence-corrected chi connectivity index (χ3v) is 3.74. The molecule has 0 aromatic rings. The van der Waals surface area contributed by atoms with E-state index in [1.165, 1.54) is 70.8 Å². The number of alkyl halides is 3. The van der Waals surface area contributed by atoms with Gasteiger partial charge in [-0.25, -0.2) is 0 Å². The second-order valence-corrected chi connectivity index (χ2v) is 5.94. The largest absolute Gasteiger partial charge is 0.379 e. The molecule has 0 amide bonds. The van der Waals surface area contributed by atoms with Gasteiger partial charge in [0.2, 0.25) is 0 Å². The van der Waals surface area contributed by atoms with Crippen LogP contribution in [0.15, 0.2) is 12.4 Å². The molecule has 1 heterocycles. The molecule has 1 aliphatic rings. The Morgan fingerprint density at radius 1 is 0.818 bits per heavy atom. The maximum atomic E-state index is 9.67. The van der Waals surface area contributed by atoms with E-state index in [9.17, 15) is 13.2 Å². The molecule has 5 heteroatoms. The number of hydrogen-bond donors (Lipinski definition) is 0. The van der Waals surface area contributed by atoms with E-state index in [2.05, 4.69) is 36.2 Å². The molecular formula is C17H33F3N2. The molecule has 0 aromatic heterocycles. The second kappa shape index (κ2) is 15.0. The zero-order valence-electron chi connectivity index (χ0n) is 14.2. The molecule has 0 aliphatic carbocycles. The molecule has 0 bridgehead atoms. The number of hydrogen-bond acceptors (Lipinski definition) is 2. The number of rotatable bonds is 11. The molecule has 2 nitrogen and oxygen atoms in total. The van der Waals surface area contributed by atoms with Crippen molar-refractivity contribution >= 4 is 0 Å². The van der Waals surface area contributed by atoms with Crippen molar-refractivity contribution in [1.29, 1.82) is 0 Å². The van der Waals surface area contributed by atoms with Crippen LogP contribution in [0.25, 0.3) is 0 Å².